The monoisotopic (exact) mass is 586 g/mol. The fourth-order valence-corrected chi connectivity index (χ4v) is 4.87. The Morgan fingerprint density at radius 3 is 2.56 bits per heavy atom. The maximum Gasteiger partial charge on any atom is 0.376 e. The molecule has 41 heavy (non-hydrogen) atoms. The molecule has 0 aliphatic carbocycles. The molecule has 3 heterocycles. The molecular weight excluding hydrogens is 561 g/mol. The van der Waals surface area contributed by atoms with Gasteiger partial charge in [0.2, 0.25) is 11.7 Å². The van der Waals surface area contributed by atoms with E-state index in [1.165, 1.54) is 37.4 Å². The third kappa shape index (κ3) is 5.91. The molecule has 2 aromatic heterocycles. The normalized spacial score (nSPS) is 16.1. The minimum atomic E-state index is -0.724. The van der Waals surface area contributed by atoms with Gasteiger partial charge in [-0.25, -0.2) is 22.9 Å². The maximum absolute atomic E-state index is 15.4. The third-order valence-electron chi connectivity index (χ3n) is 6.97. The van der Waals surface area contributed by atoms with Crippen molar-refractivity contribution in [1.82, 2.24) is 19.7 Å². The van der Waals surface area contributed by atoms with Crippen LogP contribution in [-0.2, 0) is 22.5 Å². The Labute approximate surface area is 239 Å². The molecule has 0 spiro atoms. The first kappa shape index (κ1) is 28.6. The molecule has 5 rings (SSSR count). The number of carbonyl (C=O) groups excluding carboxylic acids is 1. The number of methoxy groups -OCH3 is 1. The SMILES string of the molecule is COC(=O)c1nnc(Cc2cc(F)c(-c3cccc(OCc4ccc(Cl)cc4F)n3)cc2F)n1[C@@H]1COCC1(C)C. The van der Waals surface area contributed by atoms with Crippen LogP contribution in [0.4, 0.5) is 13.2 Å². The lowest BCUT2D eigenvalue weighted by Gasteiger charge is -2.27. The molecule has 8 nitrogen and oxygen atoms in total. The molecule has 4 aromatic rings. The zero-order valence-electron chi connectivity index (χ0n) is 22.5. The van der Waals surface area contributed by atoms with Gasteiger partial charge in [-0.15, -0.1) is 10.2 Å². The highest BCUT2D eigenvalue weighted by Gasteiger charge is 2.41. The number of halogens is 4. The van der Waals surface area contributed by atoms with Gasteiger partial charge >= 0.3 is 5.97 Å². The molecule has 1 atom stereocenters. The summed E-state index contributed by atoms with van der Waals surface area (Å²) in [4.78, 5) is 16.7. The van der Waals surface area contributed by atoms with E-state index in [0.29, 0.717) is 13.2 Å². The number of hydrogen-bond donors (Lipinski definition) is 0. The van der Waals surface area contributed by atoms with Gasteiger partial charge < -0.3 is 14.2 Å². The van der Waals surface area contributed by atoms with Crippen molar-refractivity contribution in [2.24, 2.45) is 5.41 Å². The van der Waals surface area contributed by atoms with Crippen LogP contribution in [0, 0.1) is 22.9 Å². The number of benzene rings is 2. The van der Waals surface area contributed by atoms with Crippen molar-refractivity contribution >= 4 is 17.6 Å². The van der Waals surface area contributed by atoms with E-state index in [9.17, 15) is 9.18 Å². The molecule has 0 amide bonds. The number of pyridine rings is 1. The molecule has 1 fully saturated rings. The first-order valence-corrected chi connectivity index (χ1v) is 13.1. The largest absolute Gasteiger partial charge is 0.473 e. The van der Waals surface area contributed by atoms with Crippen LogP contribution in [0.2, 0.25) is 5.02 Å². The summed E-state index contributed by atoms with van der Waals surface area (Å²) < 4.78 is 62.5. The van der Waals surface area contributed by atoms with Gasteiger partial charge in [0, 0.05) is 34.1 Å². The van der Waals surface area contributed by atoms with E-state index >= 15 is 8.78 Å². The predicted molar refractivity (Wildman–Crippen MR) is 143 cm³/mol. The highest BCUT2D eigenvalue weighted by molar-refractivity contribution is 6.30. The summed E-state index contributed by atoms with van der Waals surface area (Å²) in [6.45, 7) is 4.56. The highest BCUT2D eigenvalue weighted by atomic mass is 35.5. The van der Waals surface area contributed by atoms with Crippen LogP contribution in [0.1, 0.15) is 47.5 Å². The topological polar surface area (TPSA) is 88.4 Å². The number of rotatable bonds is 8. The van der Waals surface area contributed by atoms with Crippen molar-refractivity contribution in [3.05, 3.63) is 93.8 Å². The molecule has 2 aromatic carbocycles. The van der Waals surface area contributed by atoms with Crippen molar-refractivity contribution in [3.63, 3.8) is 0 Å². The van der Waals surface area contributed by atoms with Gasteiger partial charge in [0.05, 0.1) is 32.1 Å². The van der Waals surface area contributed by atoms with Crippen LogP contribution in [0.15, 0.2) is 48.5 Å². The van der Waals surface area contributed by atoms with E-state index in [-0.39, 0.29) is 69.4 Å². The van der Waals surface area contributed by atoms with Crippen molar-refractivity contribution in [2.45, 2.75) is 32.9 Å². The molecule has 214 valence electrons. The number of nitrogens with zero attached hydrogens (tertiary/aromatic N) is 4. The Kier molecular flexibility index (Phi) is 8.01. The molecule has 1 aliphatic rings. The summed E-state index contributed by atoms with van der Waals surface area (Å²) in [5, 5.41) is 8.35. The summed E-state index contributed by atoms with van der Waals surface area (Å²) in [7, 11) is 1.23. The summed E-state index contributed by atoms with van der Waals surface area (Å²) in [5.74, 6) is -2.32. The lowest BCUT2D eigenvalue weighted by molar-refractivity contribution is 0.0573. The molecule has 12 heteroatoms. The van der Waals surface area contributed by atoms with Gasteiger partial charge in [0.15, 0.2) is 0 Å². The lowest BCUT2D eigenvalue weighted by Crippen LogP contribution is -2.29. The minimum absolute atomic E-state index is 0.0126. The van der Waals surface area contributed by atoms with E-state index in [1.54, 1.807) is 10.6 Å². The Bertz CT molecular complexity index is 1610. The van der Waals surface area contributed by atoms with Crippen LogP contribution in [0.3, 0.4) is 0 Å². The molecule has 1 aliphatic heterocycles. The Morgan fingerprint density at radius 1 is 1.07 bits per heavy atom. The standard InChI is InChI=1S/C29H26ClF3N4O4/c1-29(2)15-40-14-24(29)37-25(35-36-27(37)28(38)39-3)10-17-9-22(33)19(12-21(17)32)23-5-4-6-26(34-23)41-13-16-7-8-18(30)11-20(16)31/h4-9,11-12,24H,10,13-15H2,1-3H3/t24-/m1/s1. The zero-order valence-corrected chi connectivity index (χ0v) is 23.2. The fraction of sp³-hybridized carbons (Fsp3) is 0.310. The minimum Gasteiger partial charge on any atom is -0.473 e. The van der Waals surface area contributed by atoms with Crippen molar-refractivity contribution in [3.8, 4) is 17.1 Å². The fourth-order valence-electron chi connectivity index (χ4n) is 4.71. The lowest BCUT2D eigenvalue weighted by atomic mass is 9.87. The van der Waals surface area contributed by atoms with Gasteiger partial charge in [0.25, 0.3) is 0 Å². The molecule has 0 saturated carbocycles. The van der Waals surface area contributed by atoms with Crippen molar-refractivity contribution < 1.29 is 32.2 Å². The molecular formula is C29H26ClF3N4O4. The van der Waals surface area contributed by atoms with E-state index < -0.39 is 23.4 Å². The highest BCUT2D eigenvalue weighted by Crippen LogP contribution is 2.39. The summed E-state index contributed by atoms with van der Waals surface area (Å²) in [6.07, 6.45) is -0.136. The van der Waals surface area contributed by atoms with E-state index in [1.807, 2.05) is 13.8 Å². The predicted octanol–water partition coefficient (Wildman–Crippen LogP) is 5.96. The Morgan fingerprint density at radius 2 is 1.85 bits per heavy atom. The van der Waals surface area contributed by atoms with Crippen LogP contribution in [0.5, 0.6) is 5.88 Å². The quantitative estimate of drug-likeness (QED) is 0.235. The number of aromatic nitrogens is 4. The van der Waals surface area contributed by atoms with Crippen molar-refractivity contribution in [2.75, 3.05) is 20.3 Å². The average molecular weight is 587 g/mol. The van der Waals surface area contributed by atoms with E-state index in [4.69, 9.17) is 25.8 Å². The van der Waals surface area contributed by atoms with E-state index in [0.717, 1.165) is 12.1 Å². The average Bonchev–Trinajstić information content (AvgIpc) is 3.51. The smallest absolute Gasteiger partial charge is 0.376 e. The summed E-state index contributed by atoms with van der Waals surface area (Å²) in [5.41, 5.74) is -0.0527. The second kappa shape index (κ2) is 11.5. The van der Waals surface area contributed by atoms with Gasteiger partial charge in [-0.2, -0.15) is 0 Å². The van der Waals surface area contributed by atoms with Gasteiger partial charge in [-0.05, 0) is 35.9 Å². The van der Waals surface area contributed by atoms with Crippen LogP contribution >= 0.6 is 11.6 Å². The van der Waals surface area contributed by atoms with Crippen LogP contribution in [-0.4, -0.2) is 46.0 Å². The second-order valence-electron chi connectivity index (χ2n) is 10.3. The number of hydrogen-bond acceptors (Lipinski definition) is 7. The first-order chi connectivity index (χ1) is 19.6. The molecule has 0 unspecified atom stereocenters. The van der Waals surface area contributed by atoms with Crippen LogP contribution in [0.25, 0.3) is 11.3 Å². The van der Waals surface area contributed by atoms with Gasteiger partial charge in [-0.1, -0.05) is 37.6 Å². The first-order valence-electron chi connectivity index (χ1n) is 12.7. The number of ether oxygens (including phenoxy) is 3. The van der Waals surface area contributed by atoms with Gasteiger partial charge in [-0.3, -0.25) is 4.57 Å². The summed E-state index contributed by atoms with van der Waals surface area (Å²) in [6, 6.07) is 10.6. The molecule has 1 saturated heterocycles. The Balaban J connectivity index is 1.41. The molecule has 0 bridgehead atoms. The third-order valence-corrected chi connectivity index (χ3v) is 7.21. The molecule has 0 radical (unpaired) electrons. The number of carbonyl (C=O) groups is 1. The Hall–Kier alpha value is -3.96. The van der Waals surface area contributed by atoms with Crippen LogP contribution < -0.4 is 4.74 Å². The van der Waals surface area contributed by atoms with E-state index in [2.05, 4.69) is 15.2 Å². The van der Waals surface area contributed by atoms with Crippen molar-refractivity contribution in [1.29, 1.82) is 0 Å². The maximum atomic E-state index is 15.4. The second-order valence-corrected chi connectivity index (χ2v) is 10.7. The zero-order chi connectivity index (χ0) is 29.3. The number of esters is 1. The molecule has 0 N–H and O–H groups in total. The van der Waals surface area contributed by atoms with Gasteiger partial charge in [0.1, 0.15) is 29.9 Å². The summed E-state index contributed by atoms with van der Waals surface area (Å²) >= 11 is 5.78.